The molecule has 25 heavy (non-hydrogen) atoms. The van der Waals surface area contributed by atoms with Gasteiger partial charge in [-0.15, -0.1) is 0 Å². The van der Waals surface area contributed by atoms with Crippen LogP contribution in [0.25, 0.3) is 0 Å². The predicted octanol–water partition coefficient (Wildman–Crippen LogP) is 3.48. The fourth-order valence-corrected chi connectivity index (χ4v) is 5.15. The molecule has 146 valence electrons. The molecule has 0 bridgehead atoms. The fraction of sp³-hybridized carbons (Fsp3) is 1.00. The van der Waals surface area contributed by atoms with Gasteiger partial charge in [-0.05, 0) is 56.8 Å². The molecule has 0 aromatic heterocycles. The fourth-order valence-electron chi connectivity index (χ4n) is 5.15. The monoisotopic (exact) mass is 351 g/mol. The van der Waals surface area contributed by atoms with Crippen molar-refractivity contribution < 1.29 is 4.84 Å². The molecule has 1 spiro atoms. The van der Waals surface area contributed by atoms with E-state index in [1.165, 1.54) is 58.5 Å². The SMILES string of the molecule is CC(C)(C)CN1CCN(CC2CC3(CCN(OC(C)(C)C)C3)C2)CC1. The molecule has 1 saturated carbocycles. The number of hydrogen-bond acceptors (Lipinski definition) is 4. The lowest BCUT2D eigenvalue weighted by molar-refractivity contribution is -0.223. The Morgan fingerprint density at radius 2 is 1.48 bits per heavy atom. The molecule has 3 fully saturated rings. The van der Waals surface area contributed by atoms with Crippen LogP contribution in [0.1, 0.15) is 60.8 Å². The number of rotatable bonds is 4. The highest BCUT2D eigenvalue weighted by Crippen LogP contribution is 2.52. The molecule has 0 atom stereocenters. The minimum atomic E-state index is -0.0542. The lowest BCUT2D eigenvalue weighted by atomic mass is 9.61. The van der Waals surface area contributed by atoms with Crippen molar-refractivity contribution in [3.63, 3.8) is 0 Å². The molecule has 0 aromatic carbocycles. The largest absolute Gasteiger partial charge is 0.301 e. The second-order valence-corrected chi connectivity index (χ2v) is 11.2. The molecule has 0 unspecified atom stereocenters. The molecule has 0 radical (unpaired) electrons. The van der Waals surface area contributed by atoms with E-state index in [0.29, 0.717) is 10.8 Å². The Hall–Kier alpha value is -0.160. The van der Waals surface area contributed by atoms with Crippen LogP contribution < -0.4 is 0 Å². The van der Waals surface area contributed by atoms with Crippen molar-refractivity contribution in [2.24, 2.45) is 16.7 Å². The van der Waals surface area contributed by atoms with E-state index in [1.54, 1.807) is 0 Å². The molecule has 1 aliphatic carbocycles. The molecular formula is C21H41N3O. The smallest absolute Gasteiger partial charge is 0.0815 e. The van der Waals surface area contributed by atoms with Gasteiger partial charge in [-0.1, -0.05) is 20.8 Å². The first-order chi connectivity index (χ1) is 11.5. The van der Waals surface area contributed by atoms with Crippen LogP contribution in [0.15, 0.2) is 0 Å². The van der Waals surface area contributed by atoms with Gasteiger partial charge in [-0.2, -0.15) is 5.06 Å². The Morgan fingerprint density at radius 1 is 0.880 bits per heavy atom. The van der Waals surface area contributed by atoms with Crippen LogP contribution in [0, 0.1) is 16.7 Å². The van der Waals surface area contributed by atoms with Crippen molar-refractivity contribution in [3.05, 3.63) is 0 Å². The van der Waals surface area contributed by atoms with E-state index in [4.69, 9.17) is 4.84 Å². The van der Waals surface area contributed by atoms with E-state index < -0.39 is 0 Å². The molecular weight excluding hydrogens is 310 g/mol. The predicted molar refractivity (Wildman–Crippen MR) is 105 cm³/mol. The molecule has 0 aromatic rings. The van der Waals surface area contributed by atoms with Crippen LogP contribution in [-0.4, -0.2) is 72.8 Å². The van der Waals surface area contributed by atoms with Crippen LogP contribution in [0.3, 0.4) is 0 Å². The molecule has 3 aliphatic rings. The molecule has 0 N–H and O–H groups in total. The van der Waals surface area contributed by atoms with Crippen molar-refractivity contribution in [1.82, 2.24) is 14.9 Å². The summed E-state index contributed by atoms with van der Waals surface area (Å²) in [4.78, 5) is 11.5. The number of hydroxylamine groups is 2. The highest BCUT2D eigenvalue weighted by atomic mass is 16.7. The second kappa shape index (κ2) is 7.10. The third-order valence-corrected chi connectivity index (χ3v) is 5.93. The van der Waals surface area contributed by atoms with Gasteiger partial charge in [0.15, 0.2) is 0 Å². The van der Waals surface area contributed by atoms with Gasteiger partial charge >= 0.3 is 0 Å². The average molecular weight is 352 g/mol. The van der Waals surface area contributed by atoms with E-state index in [1.807, 2.05) is 0 Å². The quantitative estimate of drug-likeness (QED) is 0.772. The maximum atomic E-state index is 6.08. The summed E-state index contributed by atoms with van der Waals surface area (Å²) < 4.78 is 0. The zero-order valence-electron chi connectivity index (χ0n) is 17.6. The molecule has 2 heterocycles. The van der Waals surface area contributed by atoms with Crippen LogP contribution in [0.4, 0.5) is 0 Å². The van der Waals surface area contributed by atoms with Gasteiger partial charge in [0.05, 0.1) is 5.60 Å². The van der Waals surface area contributed by atoms with Crippen molar-refractivity contribution in [2.75, 3.05) is 52.4 Å². The summed E-state index contributed by atoms with van der Waals surface area (Å²) in [5.41, 5.74) is 0.942. The summed E-state index contributed by atoms with van der Waals surface area (Å²) in [5, 5.41) is 2.24. The van der Waals surface area contributed by atoms with Crippen LogP contribution in [0.5, 0.6) is 0 Å². The summed E-state index contributed by atoms with van der Waals surface area (Å²) in [7, 11) is 0. The van der Waals surface area contributed by atoms with E-state index >= 15 is 0 Å². The van der Waals surface area contributed by atoms with Gasteiger partial charge in [0.25, 0.3) is 0 Å². The average Bonchev–Trinajstić information content (AvgIpc) is 2.80. The Labute approximate surface area is 155 Å². The van der Waals surface area contributed by atoms with Gasteiger partial charge in [-0.3, -0.25) is 4.84 Å². The van der Waals surface area contributed by atoms with Crippen LogP contribution in [-0.2, 0) is 4.84 Å². The van der Waals surface area contributed by atoms with Crippen LogP contribution >= 0.6 is 0 Å². The Kier molecular flexibility index (Phi) is 5.57. The summed E-state index contributed by atoms with van der Waals surface area (Å²) in [5.74, 6) is 0.920. The molecule has 3 rings (SSSR count). The standard InChI is InChI=1S/C21H41N3O/c1-19(2,3)16-23-11-9-22(10-12-23)15-18-13-21(14-18)7-8-24(17-21)25-20(4,5)6/h18H,7-17H2,1-6H3. The highest BCUT2D eigenvalue weighted by Gasteiger charge is 2.49. The van der Waals surface area contributed by atoms with Crippen molar-refractivity contribution in [2.45, 2.75) is 66.4 Å². The van der Waals surface area contributed by atoms with Gasteiger partial charge in [0.2, 0.25) is 0 Å². The minimum absolute atomic E-state index is 0.0542. The first kappa shape index (κ1) is 19.6. The second-order valence-electron chi connectivity index (χ2n) is 11.2. The third kappa shape index (κ3) is 5.66. The van der Waals surface area contributed by atoms with E-state index in [0.717, 1.165) is 19.0 Å². The van der Waals surface area contributed by atoms with Gasteiger partial charge in [0.1, 0.15) is 0 Å². The topological polar surface area (TPSA) is 19.0 Å². The summed E-state index contributed by atoms with van der Waals surface area (Å²) in [6.45, 7) is 23.4. The Bertz CT molecular complexity index is 437. The number of piperazine rings is 1. The Morgan fingerprint density at radius 3 is 2.04 bits per heavy atom. The number of hydrogen-bond donors (Lipinski definition) is 0. The molecule has 2 saturated heterocycles. The van der Waals surface area contributed by atoms with Gasteiger partial charge in [0, 0.05) is 52.4 Å². The summed E-state index contributed by atoms with van der Waals surface area (Å²) >= 11 is 0. The van der Waals surface area contributed by atoms with E-state index in [9.17, 15) is 0 Å². The maximum absolute atomic E-state index is 6.08. The lowest BCUT2D eigenvalue weighted by Crippen LogP contribution is -2.52. The maximum Gasteiger partial charge on any atom is 0.0815 e. The van der Waals surface area contributed by atoms with Gasteiger partial charge < -0.3 is 9.80 Å². The molecule has 4 heteroatoms. The lowest BCUT2D eigenvalue weighted by Gasteiger charge is -2.48. The zero-order valence-corrected chi connectivity index (χ0v) is 17.6. The van der Waals surface area contributed by atoms with Crippen molar-refractivity contribution in [3.8, 4) is 0 Å². The highest BCUT2D eigenvalue weighted by molar-refractivity contribution is 4.99. The zero-order chi connectivity index (χ0) is 18.3. The normalized spacial score (nSPS) is 33.1. The van der Waals surface area contributed by atoms with E-state index in [-0.39, 0.29) is 5.60 Å². The summed E-state index contributed by atoms with van der Waals surface area (Å²) in [6, 6.07) is 0. The first-order valence-corrected chi connectivity index (χ1v) is 10.4. The van der Waals surface area contributed by atoms with Crippen LogP contribution in [0.2, 0.25) is 0 Å². The summed E-state index contributed by atoms with van der Waals surface area (Å²) in [6.07, 6.45) is 4.16. The Balaban J connectivity index is 1.35. The van der Waals surface area contributed by atoms with Crippen molar-refractivity contribution >= 4 is 0 Å². The molecule has 0 amide bonds. The molecule has 4 nitrogen and oxygen atoms in total. The van der Waals surface area contributed by atoms with Gasteiger partial charge in [-0.25, -0.2) is 0 Å². The first-order valence-electron chi connectivity index (χ1n) is 10.4. The van der Waals surface area contributed by atoms with E-state index in [2.05, 4.69) is 56.4 Å². The molecule has 2 aliphatic heterocycles. The third-order valence-electron chi connectivity index (χ3n) is 5.93. The number of nitrogens with zero attached hydrogens (tertiary/aromatic N) is 3. The minimum Gasteiger partial charge on any atom is -0.301 e. The van der Waals surface area contributed by atoms with Crippen molar-refractivity contribution in [1.29, 1.82) is 0 Å².